The van der Waals surface area contributed by atoms with Gasteiger partial charge in [0.15, 0.2) is 5.69 Å². The second-order valence-corrected chi connectivity index (χ2v) is 4.79. The molecule has 94 valence electrons. The third-order valence-corrected chi connectivity index (χ3v) is 3.30. The van der Waals surface area contributed by atoms with Gasteiger partial charge in [-0.15, -0.1) is 0 Å². The Labute approximate surface area is 100 Å². The van der Waals surface area contributed by atoms with E-state index in [0.717, 1.165) is 17.6 Å². The summed E-state index contributed by atoms with van der Waals surface area (Å²) in [6.45, 7) is 1.36. The lowest BCUT2D eigenvalue weighted by Crippen LogP contribution is -2.33. The first-order valence-electron chi connectivity index (χ1n) is 5.01. The van der Waals surface area contributed by atoms with Crippen molar-refractivity contribution in [3.05, 3.63) is 11.8 Å². The van der Waals surface area contributed by atoms with Crippen LogP contribution in [0.15, 0.2) is 6.07 Å². The van der Waals surface area contributed by atoms with Gasteiger partial charge in [0.05, 0.1) is 0 Å². The van der Waals surface area contributed by atoms with Crippen molar-refractivity contribution in [1.82, 2.24) is 9.97 Å². The second kappa shape index (κ2) is 4.59. The molecule has 1 fully saturated rings. The number of anilines is 2. The average molecular weight is 264 g/mol. The van der Waals surface area contributed by atoms with Gasteiger partial charge in [-0.05, 0) is 0 Å². The molecule has 1 saturated heterocycles. The molecule has 4 nitrogen and oxygen atoms in total. The molecule has 1 aliphatic rings. The second-order valence-electron chi connectivity index (χ2n) is 3.57. The first kappa shape index (κ1) is 12.3. The van der Waals surface area contributed by atoms with Crippen LogP contribution in [-0.4, -0.2) is 34.6 Å². The largest absolute Gasteiger partial charge is 0.433 e. The molecule has 1 aromatic heterocycles. The fourth-order valence-electron chi connectivity index (χ4n) is 1.55. The lowest BCUT2D eigenvalue weighted by molar-refractivity contribution is -0.141. The number of thioether (sulfide) groups is 1. The van der Waals surface area contributed by atoms with E-state index >= 15 is 0 Å². The van der Waals surface area contributed by atoms with Gasteiger partial charge in [0.25, 0.3) is 0 Å². The summed E-state index contributed by atoms with van der Waals surface area (Å²) in [7, 11) is 0. The normalized spacial score (nSPS) is 17.2. The van der Waals surface area contributed by atoms with Crippen LogP contribution >= 0.6 is 11.8 Å². The molecule has 0 saturated carbocycles. The zero-order chi connectivity index (χ0) is 12.5. The molecule has 0 unspecified atom stereocenters. The van der Waals surface area contributed by atoms with Crippen molar-refractivity contribution in [1.29, 1.82) is 0 Å². The summed E-state index contributed by atoms with van der Waals surface area (Å²) in [4.78, 5) is 8.86. The van der Waals surface area contributed by atoms with Gasteiger partial charge < -0.3 is 10.6 Å². The van der Waals surface area contributed by atoms with Gasteiger partial charge in [0.1, 0.15) is 5.82 Å². The van der Waals surface area contributed by atoms with Crippen molar-refractivity contribution >= 4 is 23.5 Å². The van der Waals surface area contributed by atoms with Crippen LogP contribution in [0.1, 0.15) is 5.69 Å². The Balaban J connectivity index is 2.31. The van der Waals surface area contributed by atoms with E-state index in [1.807, 2.05) is 0 Å². The van der Waals surface area contributed by atoms with E-state index in [0.29, 0.717) is 13.1 Å². The summed E-state index contributed by atoms with van der Waals surface area (Å²) in [5.74, 6) is 1.68. The van der Waals surface area contributed by atoms with Gasteiger partial charge in [0.2, 0.25) is 5.95 Å². The van der Waals surface area contributed by atoms with Crippen LogP contribution in [0.4, 0.5) is 24.9 Å². The van der Waals surface area contributed by atoms with Crippen LogP contribution in [0, 0.1) is 0 Å². The first-order valence-corrected chi connectivity index (χ1v) is 6.17. The van der Waals surface area contributed by atoms with Crippen molar-refractivity contribution in [2.75, 3.05) is 35.2 Å². The molecule has 0 atom stereocenters. The highest BCUT2D eigenvalue weighted by Gasteiger charge is 2.34. The number of hydrogen-bond acceptors (Lipinski definition) is 5. The van der Waals surface area contributed by atoms with E-state index in [9.17, 15) is 13.2 Å². The molecule has 1 aliphatic heterocycles. The molecule has 0 aromatic carbocycles. The highest BCUT2D eigenvalue weighted by Crippen LogP contribution is 2.30. The smallest absolute Gasteiger partial charge is 0.368 e. The van der Waals surface area contributed by atoms with E-state index < -0.39 is 11.9 Å². The maximum Gasteiger partial charge on any atom is 0.433 e. The molecule has 0 aliphatic carbocycles. The summed E-state index contributed by atoms with van der Waals surface area (Å²) in [6.07, 6.45) is -4.49. The van der Waals surface area contributed by atoms with Crippen LogP contribution in [0.25, 0.3) is 0 Å². The third-order valence-electron chi connectivity index (χ3n) is 2.36. The predicted molar refractivity (Wildman–Crippen MR) is 61.0 cm³/mol. The Morgan fingerprint density at radius 3 is 2.47 bits per heavy atom. The molecule has 2 N–H and O–H groups in total. The van der Waals surface area contributed by atoms with Gasteiger partial charge in [-0.1, -0.05) is 0 Å². The van der Waals surface area contributed by atoms with E-state index in [1.54, 1.807) is 16.7 Å². The fraction of sp³-hybridized carbons (Fsp3) is 0.556. The van der Waals surface area contributed by atoms with Crippen LogP contribution in [0.2, 0.25) is 0 Å². The minimum Gasteiger partial charge on any atom is -0.368 e. The molecule has 0 radical (unpaired) electrons. The SMILES string of the molecule is Nc1nc(N2CCSCC2)cc(C(F)(F)F)n1. The van der Waals surface area contributed by atoms with E-state index in [1.165, 1.54) is 0 Å². The maximum absolute atomic E-state index is 12.5. The Hall–Kier alpha value is -1.18. The first-order chi connectivity index (χ1) is 7.97. The van der Waals surface area contributed by atoms with Crippen molar-refractivity contribution in [3.8, 4) is 0 Å². The molecule has 1 aromatic rings. The molecule has 0 amide bonds. The summed E-state index contributed by atoms with van der Waals surface area (Å²) < 4.78 is 37.6. The van der Waals surface area contributed by atoms with Gasteiger partial charge in [-0.2, -0.15) is 29.9 Å². The number of aromatic nitrogens is 2. The van der Waals surface area contributed by atoms with Gasteiger partial charge in [-0.3, -0.25) is 0 Å². The summed E-state index contributed by atoms with van der Waals surface area (Å²) >= 11 is 1.77. The lowest BCUT2D eigenvalue weighted by atomic mass is 10.3. The minimum atomic E-state index is -4.49. The third kappa shape index (κ3) is 2.93. The molecule has 0 bridgehead atoms. The van der Waals surface area contributed by atoms with Crippen LogP contribution in [0.3, 0.4) is 0 Å². The molecule has 0 spiro atoms. The number of halogens is 3. The van der Waals surface area contributed by atoms with Gasteiger partial charge in [0, 0.05) is 30.7 Å². The minimum absolute atomic E-state index is 0.255. The number of hydrogen-bond donors (Lipinski definition) is 1. The quantitative estimate of drug-likeness (QED) is 0.835. The monoisotopic (exact) mass is 264 g/mol. The van der Waals surface area contributed by atoms with E-state index in [2.05, 4.69) is 9.97 Å². The Morgan fingerprint density at radius 2 is 1.88 bits per heavy atom. The molecular weight excluding hydrogens is 253 g/mol. The van der Waals surface area contributed by atoms with Crippen LogP contribution < -0.4 is 10.6 Å². The van der Waals surface area contributed by atoms with Crippen molar-refractivity contribution in [2.45, 2.75) is 6.18 Å². The summed E-state index contributed by atoms with van der Waals surface area (Å²) in [5, 5.41) is 0. The Morgan fingerprint density at radius 1 is 1.24 bits per heavy atom. The van der Waals surface area contributed by atoms with Crippen LogP contribution in [-0.2, 0) is 6.18 Å². The summed E-state index contributed by atoms with van der Waals surface area (Å²) in [6, 6.07) is 0.951. The molecule has 8 heteroatoms. The molecule has 17 heavy (non-hydrogen) atoms. The number of nitrogens with two attached hydrogens (primary N) is 1. The molecule has 2 rings (SSSR count). The number of nitrogens with zero attached hydrogens (tertiary/aromatic N) is 3. The zero-order valence-corrected chi connectivity index (χ0v) is 9.68. The average Bonchev–Trinajstić information content (AvgIpc) is 2.28. The highest BCUT2D eigenvalue weighted by atomic mass is 32.2. The Bertz CT molecular complexity index is 404. The van der Waals surface area contributed by atoms with Crippen molar-refractivity contribution in [3.63, 3.8) is 0 Å². The number of rotatable bonds is 1. The number of alkyl halides is 3. The highest BCUT2D eigenvalue weighted by molar-refractivity contribution is 7.99. The van der Waals surface area contributed by atoms with Gasteiger partial charge in [-0.25, -0.2) is 4.98 Å². The van der Waals surface area contributed by atoms with Crippen molar-refractivity contribution < 1.29 is 13.2 Å². The van der Waals surface area contributed by atoms with Gasteiger partial charge >= 0.3 is 6.18 Å². The van der Waals surface area contributed by atoms with Crippen LogP contribution in [0.5, 0.6) is 0 Å². The maximum atomic E-state index is 12.5. The summed E-state index contributed by atoms with van der Waals surface area (Å²) in [5.41, 5.74) is 4.32. The van der Waals surface area contributed by atoms with E-state index in [-0.39, 0.29) is 11.8 Å². The fourth-order valence-corrected chi connectivity index (χ4v) is 2.46. The molecule has 2 heterocycles. The topological polar surface area (TPSA) is 55.0 Å². The zero-order valence-electron chi connectivity index (χ0n) is 8.87. The Kier molecular flexibility index (Phi) is 3.32. The predicted octanol–water partition coefficient (Wildman–Crippen LogP) is 1.63. The standard InChI is InChI=1S/C9H11F3N4S/c10-9(11,12)6-5-7(15-8(13)14-6)16-1-3-17-4-2-16/h5H,1-4H2,(H2,13,14,15). The molecular formula is C9H11F3N4S. The van der Waals surface area contributed by atoms with E-state index in [4.69, 9.17) is 5.73 Å². The lowest BCUT2D eigenvalue weighted by Gasteiger charge is -2.27. The van der Waals surface area contributed by atoms with Crippen molar-refractivity contribution in [2.24, 2.45) is 0 Å². The number of nitrogen functional groups attached to an aromatic ring is 1.